The van der Waals surface area contributed by atoms with Crippen molar-refractivity contribution in [3.8, 4) is 0 Å². The van der Waals surface area contributed by atoms with E-state index in [0.29, 0.717) is 23.1 Å². The van der Waals surface area contributed by atoms with Crippen molar-refractivity contribution in [2.24, 2.45) is 0 Å². The third-order valence-corrected chi connectivity index (χ3v) is 3.25. The van der Waals surface area contributed by atoms with Crippen LogP contribution >= 0.6 is 0 Å². The Morgan fingerprint density at radius 1 is 1.59 bits per heavy atom. The van der Waals surface area contributed by atoms with E-state index < -0.39 is 5.97 Å². The molecule has 0 aliphatic heterocycles. The third kappa shape index (κ3) is 2.18. The fraction of sp³-hybridized carbons (Fsp3) is 0.500. The van der Waals surface area contributed by atoms with Crippen LogP contribution in [0.25, 0.3) is 0 Å². The highest BCUT2D eigenvalue weighted by Gasteiger charge is 2.26. The highest BCUT2D eigenvalue weighted by atomic mass is 16.5. The van der Waals surface area contributed by atoms with Crippen LogP contribution in [0.15, 0.2) is 12.3 Å². The van der Waals surface area contributed by atoms with E-state index in [4.69, 9.17) is 10.5 Å². The normalized spacial score (nSPS) is 15.2. The Hall–Kier alpha value is -1.78. The number of hydrogen-bond donors (Lipinski definition) is 1. The van der Waals surface area contributed by atoms with E-state index in [1.165, 1.54) is 13.5 Å². The number of nitrogens with zero attached hydrogens (tertiary/aromatic N) is 2. The molecule has 0 unspecified atom stereocenters. The van der Waals surface area contributed by atoms with E-state index >= 15 is 0 Å². The summed E-state index contributed by atoms with van der Waals surface area (Å²) in [5, 5.41) is 0. The fourth-order valence-corrected chi connectivity index (χ4v) is 1.96. The molecule has 0 radical (unpaired) electrons. The van der Waals surface area contributed by atoms with Crippen LogP contribution in [0.2, 0.25) is 0 Å². The molecule has 0 spiro atoms. The Labute approximate surface area is 101 Å². The van der Waals surface area contributed by atoms with Crippen LogP contribution in [0.1, 0.15) is 29.6 Å². The zero-order valence-corrected chi connectivity index (χ0v) is 10.1. The molecule has 2 rings (SSSR count). The van der Waals surface area contributed by atoms with Gasteiger partial charge in [-0.3, -0.25) is 0 Å². The topological polar surface area (TPSA) is 68.5 Å². The van der Waals surface area contributed by atoms with E-state index in [1.54, 1.807) is 12.3 Å². The Bertz CT molecular complexity index is 430. The number of ether oxygens (including phenoxy) is 1. The first-order chi connectivity index (χ1) is 8.13. The van der Waals surface area contributed by atoms with E-state index in [0.717, 1.165) is 12.8 Å². The summed E-state index contributed by atoms with van der Waals surface area (Å²) in [6.07, 6.45) is 5.08. The van der Waals surface area contributed by atoms with Crippen molar-refractivity contribution in [2.75, 3.05) is 24.8 Å². The molecule has 1 aliphatic rings. The average Bonchev–Trinajstić information content (AvgIpc) is 2.25. The highest BCUT2D eigenvalue weighted by molar-refractivity contribution is 5.95. The van der Waals surface area contributed by atoms with Gasteiger partial charge in [-0.2, -0.15) is 0 Å². The monoisotopic (exact) mass is 235 g/mol. The molecule has 1 saturated carbocycles. The van der Waals surface area contributed by atoms with Crippen LogP contribution in [0.3, 0.4) is 0 Å². The molecule has 0 atom stereocenters. The largest absolute Gasteiger partial charge is 0.465 e. The lowest BCUT2D eigenvalue weighted by Gasteiger charge is -2.36. The second-order valence-electron chi connectivity index (χ2n) is 4.33. The second-order valence-corrected chi connectivity index (χ2v) is 4.33. The third-order valence-electron chi connectivity index (χ3n) is 3.25. The summed E-state index contributed by atoms with van der Waals surface area (Å²) < 4.78 is 4.75. The molecule has 1 aromatic rings. The summed E-state index contributed by atoms with van der Waals surface area (Å²) in [6.45, 7) is 0. The highest BCUT2D eigenvalue weighted by Crippen LogP contribution is 2.29. The van der Waals surface area contributed by atoms with Crippen LogP contribution < -0.4 is 10.6 Å². The molecule has 0 amide bonds. The molecule has 0 saturated heterocycles. The first-order valence-electron chi connectivity index (χ1n) is 5.70. The summed E-state index contributed by atoms with van der Waals surface area (Å²) in [5.41, 5.74) is 6.55. The Morgan fingerprint density at radius 2 is 2.29 bits per heavy atom. The minimum atomic E-state index is -0.397. The maximum absolute atomic E-state index is 11.7. The zero-order chi connectivity index (χ0) is 12.4. The minimum Gasteiger partial charge on any atom is -0.465 e. The second kappa shape index (κ2) is 4.61. The van der Waals surface area contributed by atoms with Gasteiger partial charge in [-0.1, -0.05) is 0 Å². The predicted molar refractivity (Wildman–Crippen MR) is 66.0 cm³/mol. The van der Waals surface area contributed by atoms with Crippen molar-refractivity contribution in [3.63, 3.8) is 0 Å². The average molecular weight is 235 g/mol. The van der Waals surface area contributed by atoms with Gasteiger partial charge >= 0.3 is 5.97 Å². The van der Waals surface area contributed by atoms with Gasteiger partial charge in [0.05, 0.1) is 19.0 Å². The maximum atomic E-state index is 11.7. The van der Waals surface area contributed by atoms with Gasteiger partial charge in [-0.25, -0.2) is 9.78 Å². The van der Waals surface area contributed by atoms with Gasteiger partial charge in [0.15, 0.2) is 0 Å². The first-order valence-corrected chi connectivity index (χ1v) is 5.70. The van der Waals surface area contributed by atoms with Crippen LogP contribution in [0, 0.1) is 0 Å². The molecule has 0 aromatic carbocycles. The number of nitrogen functional groups attached to an aromatic ring is 1. The molecule has 1 fully saturated rings. The number of methoxy groups -OCH3 is 1. The van der Waals surface area contributed by atoms with Gasteiger partial charge in [0.2, 0.25) is 0 Å². The predicted octanol–water partition coefficient (Wildman–Crippen LogP) is 1.44. The summed E-state index contributed by atoms with van der Waals surface area (Å²) in [6, 6.07) is 2.08. The Morgan fingerprint density at radius 3 is 2.82 bits per heavy atom. The Balaban J connectivity index is 2.34. The smallest absolute Gasteiger partial charge is 0.341 e. The van der Waals surface area contributed by atoms with Crippen molar-refractivity contribution < 1.29 is 9.53 Å². The number of nitrogens with two attached hydrogens (primary N) is 1. The number of hydrogen-bond acceptors (Lipinski definition) is 5. The molecule has 1 heterocycles. The number of rotatable bonds is 3. The maximum Gasteiger partial charge on any atom is 0.341 e. The number of pyridine rings is 1. The summed E-state index contributed by atoms with van der Waals surface area (Å²) in [5.74, 6) is 0.252. The quantitative estimate of drug-likeness (QED) is 0.803. The van der Waals surface area contributed by atoms with Gasteiger partial charge in [-0.05, 0) is 25.3 Å². The molecular weight excluding hydrogens is 218 g/mol. The summed E-state index contributed by atoms with van der Waals surface area (Å²) in [7, 11) is 3.31. The van der Waals surface area contributed by atoms with E-state index in [2.05, 4.69) is 4.98 Å². The standard InChI is InChI=1S/C12H17N3O2/c1-15(9-4-3-5-9)11-10(12(16)17-2)6-8(13)7-14-11/h6-7,9H,3-5,13H2,1-2H3. The van der Waals surface area contributed by atoms with Crippen molar-refractivity contribution in [1.82, 2.24) is 4.98 Å². The van der Waals surface area contributed by atoms with Crippen LogP contribution in [-0.4, -0.2) is 31.2 Å². The number of anilines is 2. The minimum absolute atomic E-state index is 0.397. The lowest BCUT2D eigenvalue weighted by Crippen LogP contribution is -2.38. The van der Waals surface area contributed by atoms with Crippen LogP contribution in [0.4, 0.5) is 11.5 Å². The molecule has 1 aliphatic carbocycles. The van der Waals surface area contributed by atoms with E-state index in [1.807, 2.05) is 11.9 Å². The number of esters is 1. The Kier molecular flexibility index (Phi) is 3.17. The van der Waals surface area contributed by atoms with E-state index in [-0.39, 0.29) is 0 Å². The van der Waals surface area contributed by atoms with Crippen molar-refractivity contribution in [3.05, 3.63) is 17.8 Å². The molecule has 92 valence electrons. The van der Waals surface area contributed by atoms with Crippen LogP contribution in [-0.2, 0) is 4.74 Å². The number of aromatic nitrogens is 1. The lowest BCUT2D eigenvalue weighted by atomic mass is 9.91. The van der Waals surface area contributed by atoms with Gasteiger partial charge in [0, 0.05) is 13.1 Å². The van der Waals surface area contributed by atoms with Crippen LogP contribution in [0.5, 0.6) is 0 Å². The molecule has 5 heteroatoms. The molecule has 17 heavy (non-hydrogen) atoms. The fourth-order valence-electron chi connectivity index (χ4n) is 1.96. The van der Waals surface area contributed by atoms with Gasteiger partial charge in [0.1, 0.15) is 11.4 Å². The number of carbonyl (C=O) groups is 1. The van der Waals surface area contributed by atoms with Gasteiger partial charge < -0.3 is 15.4 Å². The summed E-state index contributed by atoms with van der Waals surface area (Å²) >= 11 is 0. The molecule has 5 nitrogen and oxygen atoms in total. The zero-order valence-electron chi connectivity index (χ0n) is 10.1. The molecule has 2 N–H and O–H groups in total. The van der Waals surface area contributed by atoms with Gasteiger partial charge in [0.25, 0.3) is 0 Å². The van der Waals surface area contributed by atoms with Crippen molar-refractivity contribution in [2.45, 2.75) is 25.3 Å². The van der Waals surface area contributed by atoms with Crippen molar-refractivity contribution >= 4 is 17.5 Å². The molecule has 1 aromatic heterocycles. The first kappa shape index (κ1) is 11.7. The van der Waals surface area contributed by atoms with E-state index in [9.17, 15) is 4.79 Å². The van der Waals surface area contributed by atoms with Crippen molar-refractivity contribution in [1.29, 1.82) is 0 Å². The summed E-state index contributed by atoms with van der Waals surface area (Å²) in [4.78, 5) is 18.0. The SMILES string of the molecule is COC(=O)c1cc(N)cnc1N(C)C1CCC1. The molecule has 0 bridgehead atoms. The van der Waals surface area contributed by atoms with Gasteiger partial charge in [-0.15, -0.1) is 0 Å². The lowest BCUT2D eigenvalue weighted by molar-refractivity contribution is 0.0601. The molecular formula is C12H17N3O2. The number of carbonyl (C=O) groups excluding carboxylic acids is 1.